The van der Waals surface area contributed by atoms with E-state index in [2.05, 4.69) is 15.6 Å². The first-order valence-electron chi connectivity index (χ1n) is 9.30. The van der Waals surface area contributed by atoms with Crippen LogP contribution in [0.15, 0.2) is 4.99 Å². The van der Waals surface area contributed by atoms with Crippen LogP contribution >= 0.6 is 0 Å². The lowest BCUT2D eigenvalue weighted by Gasteiger charge is -2.31. The summed E-state index contributed by atoms with van der Waals surface area (Å²) in [5.74, 6) is 0.707. The maximum absolute atomic E-state index is 12.6. The Kier molecular flexibility index (Phi) is 11.1. The monoisotopic (exact) mass is 432 g/mol. The fourth-order valence-electron chi connectivity index (χ4n) is 2.74. The first-order chi connectivity index (χ1) is 13.2. The Balaban J connectivity index is 2.20. The Morgan fingerprint density at radius 1 is 1.14 bits per heavy atom. The van der Waals surface area contributed by atoms with Crippen molar-refractivity contribution in [2.45, 2.75) is 31.2 Å². The van der Waals surface area contributed by atoms with Crippen LogP contribution < -0.4 is 10.6 Å². The molecule has 2 N–H and O–H groups in total. The van der Waals surface area contributed by atoms with Gasteiger partial charge in [0.1, 0.15) is 0 Å². The van der Waals surface area contributed by atoms with Gasteiger partial charge in [-0.2, -0.15) is 17.5 Å². The Hall–Kier alpha value is -1.11. The van der Waals surface area contributed by atoms with Crippen LogP contribution in [0.5, 0.6) is 0 Å². The van der Waals surface area contributed by atoms with E-state index in [9.17, 15) is 21.6 Å². The Labute approximate surface area is 164 Å². The van der Waals surface area contributed by atoms with E-state index in [1.807, 2.05) is 0 Å². The van der Waals surface area contributed by atoms with Crippen molar-refractivity contribution in [1.82, 2.24) is 14.9 Å². The molecule has 0 amide bonds. The quantitative estimate of drug-likeness (QED) is 0.289. The van der Waals surface area contributed by atoms with Gasteiger partial charge in [-0.1, -0.05) is 0 Å². The number of rotatable bonds is 11. The number of unbranched alkanes of at least 4 members (excludes halogenated alkanes) is 1. The third kappa shape index (κ3) is 8.50. The second kappa shape index (κ2) is 12.5. The number of nitrogens with one attached hydrogen (secondary N) is 2. The first-order valence-corrected chi connectivity index (χ1v) is 10.7. The van der Waals surface area contributed by atoms with Gasteiger partial charge in [-0.15, -0.1) is 0 Å². The highest BCUT2D eigenvalue weighted by Gasteiger charge is 2.50. The molecule has 8 nitrogen and oxygen atoms in total. The van der Waals surface area contributed by atoms with Crippen LogP contribution in [0, 0.1) is 5.92 Å². The van der Waals surface area contributed by atoms with Crippen LogP contribution in [-0.4, -0.2) is 84.3 Å². The molecule has 28 heavy (non-hydrogen) atoms. The molecule has 1 fully saturated rings. The highest BCUT2D eigenvalue weighted by atomic mass is 32.2. The SMILES string of the molecule is CN=C(NCCCCOCCOC)NCC1CCN(S(=O)(=O)C(F)(F)F)CC1. The summed E-state index contributed by atoms with van der Waals surface area (Å²) in [6.07, 6.45) is 2.55. The molecule has 0 radical (unpaired) electrons. The summed E-state index contributed by atoms with van der Waals surface area (Å²) in [5, 5.41) is 6.31. The number of alkyl halides is 3. The standard InChI is InChI=1S/C16H31F3N4O4S/c1-20-15(21-7-3-4-10-27-12-11-26-2)22-13-14-5-8-23(9-6-14)28(24,25)16(17,18)19/h14H,3-13H2,1-2H3,(H2,20,21,22). The summed E-state index contributed by atoms with van der Waals surface area (Å²) >= 11 is 0. The van der Waals surface area contributed by atoms with Crippen molar-refractivity contribution < 1.29 is 31.1 Å². The summed E-state index contributed by atoms with van der Waals surface area (Å²) in [6, 6.07) is 0. The van der Waals surface area contributed by atoms with E-state index in [4.69, 9.17) is 9.47 Å². The number of piperidine rings is 1. The number of ether oxygens (including phenoxy) is 2. The van der Waals surface area contributed by atoms with Crippen LogP contribution in [0.25, 0.3) is 0 Å². The first kappa shape index (κ1) is 24.9. The molecule has 166 valence electrons. The summed E-state index contributed by atoms with van der Waals surface area (Å²) in [4.78, 5) is 4.11. The van der Waals surface area contributed by atoms with Gasteiger partial charge in [-0.3, -0.25) is 4.99 Å². The zero-order valence-electron chi connectivity index (χ0n) is 16.4. The second-order valence-corrected chi connectivity index (χ2v) is 8.41. The smallest absolute Gasteiger partial charge is 0.382 e. The third-order valence-electron chi connectivity index (χ3n) is 4.43. The fraction of sp³-hybridized carbons (Fsp3) is 0.938. The molecule has 0 saturated carbocycles. The minimum atomic E-state index is -5.24. The van der Waals surface area contributed by atoms with Crippen molar-refractivity contribution in [2.75, 3.05) is 60.2 Å². The molecule has 0 aromatic carbocycles. The molecule has 0 aromatic heterocycles. The van der Waals surface area contributed by atoms with E-state index in [0.717, 1.165) is 19.4 Å². The van der Waals surface area contributed by atoms with E-state index in [1.54, 1.807) is 14.2 Å². The maximum atomic E-state index is 12.6. The molecule has 0 atom stereocenters. The van der Waals surface area contributed by atoms with E-state index in [0.29, 0.717) is 49.5 Å². The third-order valence-corrected chi connectivity index (χ3v) is 6.06. The Bertz CT molecular complexity index is 565. The van der Waals surface area contributed by atoms with Crippen molar-refractivity contribution >= 4 is 16.0 Å². The molecule has 0 aliphatic carbocycles. The summed E-state index contributed by atoms with van der Waals surface area (Å²) in [6.45, 7) is 2.82. The lowest BCUT2D eigenvalue weighted by Crippen LogP contribution is -2.47. The van der Waals surface area contributed by atoms with Crippen molar-refractivity contribution in [2.24, 2.45) is 10.9 Å². The van der Waals surface area contributed by atoms with Crippen molar-refractivity contribution in [3.63, 3.8) is 0 Å². The Morgan fingerprint density at radius 3 is 2.39 bits per heavy atom. The predicted molar refractivity (Wildman–Crippen MR) is 101 cm³/mol. The zero-order chi connectivity index (χ0) is 21.0. The van der Waals surface area contributed by atoms with Crippen LogP contribution in [-0.2, 0) is 19.5 Å². The van der Waals surface area contributed by atoms with E-state index in [-0.39, 0.29) is 19.0 Å². The lowest BCUT2D eigenvalue weighted by molar-refractivity contribution is -0.0496. The van der Waals surface area contributed by atoms with Crippen LogP contribution in [0.4, 0.5) is 13.2 Å². The highest BCUT2D eigenvalue weighted by molar-refractivity contribution is 7.90. The predicted octanol–water partition coefficient (Wildman–Crippen LogP) is 1.16. The molecule has 1 aliphatic rings. The number of aliphatic imine (C=N–C) groups is 1. The molecule has 12 heteroatoms. The number of hydrogen-bond donors (Lipinski definition) is 2. The van der Waals surface area contributed by atoms with E-state index >= 15 is 0 Å². The molecule has 0 bridgehead atoms. The van der Waals surface area contributed by atoms with Gasteiger partial charge >= 0.3 is 15.5 Å². The molecular weight excluding hydrogens is 401 g/mol. The van der Waals surface area contributed by atoms with Crippen LogP contribution in [0.3, 0.4) is 0 Å². The number of guanidine groups is 1. The Morgan fingerprint density at radius 2 is 1.82 bits per heavy atom. The van der Waals surface area contributed by atoms with Gasteiger partial charge in [0.2, 0.25) is 0 Å². The number of halogens is 3. The average molecular weight is 433 g/mol. The number of methoxy groups -OCH3 is 1. The molecule has 1 saturated heterocycles. The number of nitrogens with zero attached hydrogens (tertiary/aromatic N) is 2. The van der Waals surface area contributed by atoms with Gasteiger partial charge in [0.25, 0.3) is 0 Å². The number of sulfonamides is 1. The van der Waals surface area contributed by atoms with Gasteiger partial charge in [-0.05, 0) is 31.6 Å². The van der Waals surface area contributed by atoms with Gasteiger partial charge in [0.05, 0.1) is 13.2 Å². The van der Waals surface area contributed by atoms with Crippen LogP contribution in [0.2, 0.25) is 0 Å². The average Bonchev–Trinajstić information content (AvgIpc) is 2.65. The van der Waals surface area contributed by atoms with E-state index < -0.39 is 15.5 Å². The maximum Gasteiger partial charge on any atom is 0.511 e. The van der Waals surface area contributed by atoms with Gasteiger partial charge < -0.3 is 20.1 Å². The normalized spacial score (nSPS) is 17.7. The molecular formula is C16H31F3N4O4S. The zero-order valence-corrected chi connectivity index (χ0v) is 17.2. The summed E-state index contributed by atoms with van der Waals surface area (Å²) in [7, 11) is -1.96. The summed E-state index contributed by atoms with van der Waals surface area (Å²) < 4.78 is 71.4. The summed E-state index contributed by atoms with van der Waals surface area (Å²) in [5.41, 5.74) is -5.24. The molecule has 1 rings (SSSR count). The minimum Gasteiger partial charge on any atom is -0.382 e. The van der Waals surface area contributed by atoms with Crippen molar-refractivity contribution in [3.8, 4) is 0 Å². The van der Waals surface area contributed by atoms with Crippen LogP contribution in [0.1, 0.15) is 25.7 Å². The van der Waals surface area contributed by atoms with Gasteiger partial charge in [-0.25, -0.2) is 8.42 Å². The largest absolute Gasteiger partial charge is 0.511 e. The van der Waals surface area contributed by atoms with Gasteiger partial charge in [0.15, 0.2) is 5.96 Å². The minimum absolute atomic E-state index is 0.0902. The lowest BCUT2D eigenvalue weighted by atomic mass is 9.98. The molecule has 1 heterocycles. The molecule has 0 spiro atoms. The number of hydrogen-bond acceptors (Lipinski definition) is 5. The highest BCUT2D eigenvalue weighted by Crippen LogP contribution is 2.30. The molecule has 0 aromatic rings. The molecule has 0 unspecified atom stereocenters. The van der Waals surface area contributed by atoms with E-state index in [1.165, 1.54) is 0 Å². The topological polar surface area (TPSA) is 92.3 Å². The van der Waals surface area contributed by atoms with Gasteiger partial charge in [0, 0.05) is 46.9 Å². The van der Waals surface area contributed by atoms with Crippen molar-refractivity contribution in [3.05, 3.63) is 0 Å². The fourth-order valence-corrected chi connectivity index (χ4v) is 3.73. The molecule has 1 aliphatic heterocycles. The second-order valence-electron chi connectivity index (χ2n) is 6.49. The van der Waals surface area contributed by atoms with Crippen molar-refractivity contribution in [1.29, 1.82) is 0 Å².